The van der Waals surface area contributed by atoms with E-state index < -0.39 is 21.7 Å². The van der Waals surface area contributed by atoms with Gasteiger partial charge < -0.3 is 5.32 Å². The standard InChI is InChI=1S/C19H11Cl4FN2O3S/c20-10-1-3-15(16(23)8-10)19(27)25-18-4-2-14(9-17(18)24)30(28,29)26-13-6-11(21)5-12(22)7-13/h1-9,26H,(H,25,27). The number of hydrogen-bond donors (Lipinski definition) is 2. The van der Waals surface area contributed by atoms with Crippen molar-refractivity contribution in [1.82, 2.24) is 0 Å². The van der Waals surface area contributed by atoms with Crippen molar-refractivity contribution < 1.29 is 17.6 Å². The van der Waals surface area contributed by atoms with Crippen LogP contribution in [0, 0.1) is 5.82 Å². The molecule has 156 valence electrons. The van der Waals surface area contributed by atoms with Gasteiger partial charge in [-0.25, -0.2) is 12.8 Å². The number of rotatable bonds is 5. The molecule has 0 radical (unpaired) electrons. The van der Waals surface area contributed by atoms with Crippen LogP contribution >= 0.6 is 46.4 Å². The molecule has 3 aromatic carbocycles. The molecule has 0 heterocycles. The molecule has 30 heavy (non-hydrogen) atoms. The largest absolute Gasteiger partial charge is 0.319 e. The number of hydrogen-bond acceptors (Lipinski definition) is 3. The summed E-state index contributed by atoms with van der Waals surface area (Å²) in [5, 5.41) is 3.22. The highest BCUT2D eigenvalue weighted by atomic mass is 35.5. The summed E-state index contributed by atoms with van der Waals surface area (Å²) in [5.74, 6) is -1.64. The van der Waals surface area contributed by atoms with E-state index in [2.05, 4.69) is 10.0 Å². The monoisotopic (exact) mass is 506 g/mol. The van der Waals surface area contributed by atoms with Crippen molar-refractivity contribution in [3.8, 4) is 0 Å². The van der Waals surface area contributed by atoms with Gasteiger partial charge in [-0.2, -0.15) is 0 Å². The number of carbonyl (C=O) groups is 1. The van der Waals surface area contributed by atoms with E-state index in [1.165, 1.54) is 36.4 Å². The van der Waals surface area contributed by atoms with Crippen LogP contribution in [0.5, 0.6) is 0 Å². The minimum absolute atomic E-state index is 0.0802. The fraction of sp³-hybridized carbons (Fsp3) is 0. The maximum absolute atomic E-state index is 14.5. The summed E-state index contributed by atoms with van der Waals surface area (Å²) in [6.07, 6.45) is 0. The topological polar surface area (TPSA) is 75.3 Å². The van der Waals surface area contributed by atoms with Gasteiger partial charge in [-0.3, -0.25) is 9.52 Å². The van der Waals surface area contributed by atoms with Gasteiger partial charge in [0.15, 0.2) is 0 Å². The third-order valence-corrected chi connectivity index (χ3v) is 6.15. The maximum atomic E-state index is 14.5. The third-order valence-electron chi connectivity index (χ3n) is 3.79. The number of halogens is 5. The van der Waals surface area contributed by atoms with Gasteiger partial charge in [-0.05, 0) is 54.6 Å². The van der Waals surface area contributed by atoms with Crippen molar-refractivity contribution in [2.45, 2.75) is 4.90 Å². The Morgan fingerprint density at radius 3 is 2.10 bits per heavy atom. The lowest BCUT2D eigenvalue weighted by Gasteiger charge is -2.11. The van der Waals surface area contributed by atoms with Gasteiger partial charge in [-0.1, -0.05) is 46.4 Å². The van der Waals surface area contributed by atoms with E-state index in [0.29, 0.717) is 5.02 Å². The summed E-state index contributed by atoms with van der Waals surface area (Å²) < 4.78 is 41.8. The molecule has 0 unspecified atom stereocenters. The van der Waals surface area contributed by atoms with Crippen LogP contribution in [0.3, 0.4) is 0 Å². The van der Waals surface area contributed by atoms with Gasteiger partial charge in [0, 0.05) is 15.1 Å². The predicted octanol–water partition coefficient (Wildman–Crippen LogP) is 6.49. The van der Waals surface area contributed by atoms with Crippen molar-refractivity contribution in [2.24, 2.45) is 0 Å². The van der Waals surface area contributed by atoms with Crippen molar-refractivity contribution in [2.75, 3.05) is 10.0 Å². The summed E-state index contributed by atoms with van der Waals surface area (Å²) in [5.41, 5.74) is -0.0323. The number of anilines is 2. The molecule has 1 amide bonds. The summed E-state index contributed by atoms with van der Waals surface area (Å²) in [6.45, 7) is 0. The first-order valence-electron chi connectivity index (χ1n) is 8.10. The SMILES string of the molecule is O=C(Nc1ccc(S(=O)(=O)Nc2cc(Cl)cc(Cl)c2)cc1F)c1ccc(Cl)cc1Cl. The van der Waals surface area contributed by atoms with Gasteiger partial charge in [-0.15, -0.1) is 0 Å². The van der Waals surface area contributed by atoms with Gasteiger partial charge in [0.2, 0.25) is 0 Å². The van der Waals surface area contributed by atoms with Gasteiger partial charge in [0.25, 0.3) is 15.9 Å². The van der Waals surface area contributed by atoms with Crippen LogP contribution in [-0.4, -0.2) is 14.3 Å². The Kier molecular flexibility index (Phi) is 6.79. The van der Waals surface area contributed by atoms with Crippen molar-refractivity contribution >= 4 is 73.7 Å². The molecule has 0 aliphatic heterocycles. The van der Waals surface area contributed by atoms with Crippen LogP contribution in [0.15, 0.2) is 59.5 Å². The summed E-state index contributed by atoms with van der Waals surface area (Å²) in [6, 6.07) is 11.4. The van der Waals surface area contributed by atoms with Crippen molar-refractivity contribution in [1.29, 1.82) is 0 Å². The molecule has 0 saturated carbocycles. The summed E-state index contributed by atoms with van der Waals surface area (Å²) in [7, 11) is -4.13. The zero-order valence-corrected chi connectivity index (χ0v) is 18.6. The fourth-order valence-electron chi connectivity index (χ4n) is 2.45. The minimum Gasteiger partial charge on any atom is -0.319 e. The van der Waals surface area contributed by atoms with Gasteiger partial charge >= 0.3 is 0 Å². The second kappa shape index (κ2) is 8.99. The second-order valence-corrected chi connectivity index (χ2v) is 9.38. The summed E-state index contributed by atoms with van der Waals surface area (Å²) in [4.78, 5) is 12.0. The van der Waals surface area contributed by atoms with E-state index in [0.717, 1.165) is 18.2 Å². The molecular weight excluding hydrogens is 497 g/mol. The first kappa shape index (κ1) is 22.7. The number of benzene rings is 3. The highest BCUT2D eigenvalue weighted by Crippen LogP contribution is 2.27. The smallest absolute Gasteiger partial charge is 0.261 e. The van der Waals surface area contributed by atoms with E-state index in [-0.39, 0.29) is 36.9 Å². The number of sulfonamides is 1. The Balaban J connectivity index is 1.82. The normalized spacial score (nSPS) is 11.2. The average molecular weight is 508 g/mol. The quantitative estimate of drug-likeness (QED) is 0.414. The zero-order valence-electron chi connectivity index (χ0n) is 14.7. The average Bonchev–Trinajstić information content (AvgIpc) is 2.61. The van der Waals surface area contributed by atoms with Crippen LogP contribution in [0.2, 0.25) is 20.1 Å². The molecule has 3 aromatic rings. The van der Waals surface area contributed by atoms with Gasteiger partial charge in [0.05, 0.1) is 26.9 Å². The number of amides is 1. The molecule has 0 aliphatic rings. The van der Waals surface area contributed by atoms with E-state index in [4.69, 9.17) is 46.4 Å². The molecule has 0 aromatic heterocycles. The Bertz CT molecular complexity index is 1230. The summed E-state index contributed by atoms with van der Waals surface area (Å²) >= 11 is 23.5. The van der Waals surface area contributed by atoms with Gasteiger partial charge in [0.1, 0.15) is 5.82 Å². The zero-order chi connectivity index (χ0) is 22.1. The molecule has 0 aliphatic carbocycles. The predicted molar refractivity (Wildman–Crippen MR) is 118 cm³/mol. The van der Waals surface area contributed by atoms with Crippen LogP contribution < -0.4 is 10.0 Å². The first-order valence-corrected chi connectivity index (χ1v) is 11.1. The third kappa shape index (κ3) is 5.36. The molecule has 0 fully saturated rings. The molecule has 0 spiro atoms. The maximum Gasteiger partial charge on any atom is 0.261 e. The molecule has 0 bridgehead atoms. The molecule has 11 heteroatoms. The minimum atomic E-state index is -4.13. The van der Waals surface area contributed by atoms with Crippen LogP contribution in [-0.2, 0) is 10.0 Å². The molecule has 0 atom stereocenters. The fourth-order valence-corrected chi connectivity index (χ4v) is 4.53. The van der Waals surface area contributed by atoms with Crippen LogP contribution in [0.25, 0.3) is 0 Å². The molecular formula is C19H11Cl4FN2O3S. The second-order valence-electron chi connectivity index (χ2n) is 5.98. The Morgan fingerprint density at radius 1 is 0.833 bits per heavy atom. The van der Waals surface area contributed by atoms with E-state index in [1.807, 2.05) is 0 Å². The highest BCUT2D eigenvalue weighted by molar-refractivity contribution is 7.92. The van der Waals surface area contributed by atoms with Crippen molar-refractivity contribution in [3.63, 3.8) is 0 Å². The Hall–Kier alpha value is -2.03. The van der Waals surface area contributed by atoms with E-state index in [9.17, 15) is 17.6 Å². The number of nitrogens with one attached hydrogen (secondary N) is 2. The molecule has 2 N–H and O–H groups in total. The highest BCUT2D eigenvalue weighted by Gasteiger charge is 2.19. The van der Waals surface area contributed by atoms with E-state index in [1.54, 1.807) is 0 Å². The van der Waals surface area contributed by atoms with Crippen molar-refractivity contribution in [3.05, 3.63) is 86.1 Å². The molecule has 0 saturated heterocycles. The Labute approximate surface area is 191 Å². The lowest BCUT2D eigenvalue weighted by Crippen LogP contribution is -2.16. The molecule has 5 nitrogen and oxygen atoms in total. The molecule has 3 rings (SSSR count). The first-order chi connectivity index (χ1) is 14.0. The lowest BCUT2D eigenvalue weighted by molar-refractivity contribution is 0.102. The Morgan fingerprint density at radius 2 is 1.50 bits per heavy atom. The van der Waals surface area contributed by atoms with Crippen LogP contribution in [0.4, 0.5) is 15.8 Å². The van der Waals surface area contributed by atoms with Crippen LogP contribution in [0.1, 0.15) is 10.4 Å². The lowest BCUT2D eigenvalue weighted by atomic mass is 10.2. The number of carbonyl (C=O) groups excluding carboxylic acids is 1. The van der Waals surface area contributed by atoms with E-state index >= 15 is 0 Å².